The SMILES string of the molecule is CC(C)(CNC(=O)[C@H]1CCCN1C(=O)OCc1ccccc1)[C@@H](O)C(=O)O. The number of aliphatic hydroxyl groups excluding tert-OH is 1. The molecule has 3 N–H and O–H groups in total. The average molecular weight is 378 g/mol. The summed E-state index contributed by atoms with van der Waals surface area (Å²) < 4.78 is 5.30. The first-order valence-electron chi connectivity index (χ1n) is 8.88. The van der Waals surface area contributed by atoms with E-state index in [4.69, 9.17) is 9.84 Å². The summed E-state index contributed by atoms with van der Waals surface area (Å²) in [7, 11) is 0. The third kappa shape index (κ3) is 5.43. The number of nitrogens with zero attached hydrogens (tertiary/aromatic N) is 1. The molecule has 27 heavy (non-hydrogen) atoms. The summed E-state index contributed by atoms with van der Waals surface area (Å²) in [5.41, 5.74) is -0.186. The molecule has 148 valence electrons. The molecular formula is C19H26N2O6. The van der Waals surface area contributed by atoms with Crippen LogP contribution in [0.1, 0.15) is 32.3 Å². The number of benzene rings is 1. The van der Waals surface area contributed by atoms with E-state index in [9.17, 15) is 19.5 Å². The number of carboxylic acids is 1. The second kappa shape index (κ2) is 8.85. The number of hydrogen-bond donors (Lipinski definition) is 3. The molecule has 0 spiro atoms. The number of aliphatic hydroxyl groups is 1. The van der Waals surface area contributed by atoms with Gasteiger partial charge in [0.2, 0.25) is 5.91 Å². The van der Waals surface area contributed by atoms with Gasteiger partial charge in [0.05, 0.1) is 0 Å². The topological polar surface area (TPSA) is 116 Å². The number of carbonyl (C=O) groups excluding carboxylic acids is 2. The highest BCUT2D eigenvalue weighted by Gasteiger charge is 2.38. The number of aliphatic carboxylic acids is 1. The quantitative estimate of drug-likeness (QED) is 0.660. The molecule has 2 atom stereocenters. The first-order chi connectivity index (χ1) is 12.7. The number of carbonyl (C=O) groups is 3. The molecule has 8 nitrogen and oxygen atoms in total. The number of nitrogens with one attached hydrogen (secondary N) is 1. The standard InChI is InChI=1S/C19H26N2O6/c1-19(2,15(22)17(24)25)12-20-16(23)14-9-6-10-21(14)18(26)27-11-13-7-4-3-5-8-13/h3-5,7-8,14-15,22H,6,9-12H2,1-2H3,(H,20,23)(H,24,25)/t14-,15+/m1/s1. The molecule has 1 aromatic carbocycles. The van der Waals surface area contributed by atoms with E-state index < -0.39 is 29.6 Å². The fourth-order valence-corrected chi connectivity index (χ4v) is 2.92. The molecule has 0 aromatic heterocycles. The molecule has 1 fully saturated rings. The Labute approximate surface area is 158 Å². The number of likely N-dealkylation sites (tertiary alicyclic amines) is 1. The second-order valence-electron chi connectivity index (χ2n) is 7.34. The molecule has 2 rings (SSSR count). The molecule has 1 aromatic rings. The van der Waals surface area contributed by atoms with Crippen molar-refractivity contribution in [1.82, 2.24) is 10.2 Å². The van der Waals surface area contributed by atoms with Crippen molar-refractivity contribution in [2.45, 2.75) is 45.4 Å². The average Bonchev–Trinajstić information content (AvgIpc) is 3.14. The fourth-order valence-electron chi connectivity index (χ4n) is 2.92. The summed E-state index contributed by atoms with van der Waals surface area (Å²) >= 11 is 0. The summed E-state index contributed by atoms with van der Waals surface area (Å²) in [6.07, 6.45) is -0.969. The van der Waals surface area contributed by atoms with E-state index in [1.807, 2.05) is 30.3 Å². The molecule has 1 aliphatic heterocycles. The fraction of sp³-hybridized carbons (Fsp3) is 0.526. The van der Waals surface area contributed by atoms with Crippen molar-refractivity contribution in [3.8, 4) is 0 Å². The van der Waals surface area contributed by atoms with Crippen LogP contribution in [0, 0.1) is 5.41 Å². The lowest BCUT2D eigenvalue weighted by Crippen LogP contribution is -2.50. The van der Waals surface area contributed by atoms with Crippen LogP contribution in [0.2, 0.25) is 0 Å². The molecule has 1 heterocycles. The van der Waals surface area contributed by atoms with Crippen LogP contribution < -0.4 is 5.32 Å². The minimum Gasteiger partial charge on any atom is -0.479 e. The maximum atomic E-state index is 12.5. The summed E-state index contributed by atoms with van der Waals surface area (Å²) in [4.78, 5) is 37.2. The smallest absolute Gasteiger partial charge is 0.410 e. The third-order valence-corrected chi connectivity index (χ3v) is 4.69. The highest BCUT2D eigenvalue weighted by Crippen LogP contribution is 2.22. The van der Waals surface area contributed by atoms with E-state index in [1.165, 1.54) is 4.90 Å². The Balaban J connectivity index is 1.89. The minimum atomic E-state index is -1.60. The third-order valence-electron chi connectivity index (χ3n) is 4.69. The van der Waals surface area contributed by atoms with Crippen molar-refractivity contribution in [3.63, 3.8) is 0 Å². The monoisotopic (exact) mass is 378 g/mol. The number of carboxylic acid groups (broad SMARTS) is 1. The van der Waals surface area contributed by atoms with Crippen LogP contribution in [-0.4, -0.2) is 58.3 Å². The highest BCUT2D eigenvalue weighted by atomic mass is 16.6. The van der Waals surface area contributed by atoms with Gasteiger partial charge < -0.3 is 20.3 Å². The van der Waals surface area contributed by atoms with Crippen LogP contribution >= 0.6 is 0 Å². The summed E-state index contributed by atoms with van der Waals surface area (Å²) in [5.74, 6) is -1.73. The van der Waals surface area contributed by atoms with Gasteiger partial charge in [-0.15, -0.1) is 0 Å². The molecule has 0 aliphatic carbocycles. The van der Waals surface area contributed by atoms with E-state index in [2.05, 4.69) is 5.32 Å². The van der Waals surface area contributed by atoms with Crippen LogP contribution in [0.3, 0.4) is 0 Å². The summed E-state index contributed by atoms with van der Waals surface area (Å²) in [6.45, 7) is 3.62. The molecule has 1 aliphatic rings. The van der Waals surface area contributed by atoms with Crippen molar-refractivity contribution < 1.29 is 29.3 Å². The predicted octanol–water partition coefficient (Wildman–Crippen LogP) is 1.38. The number of ether oxygens (including phenoxy) is 1. The van der Waals surface area contributed by atoms with E-state index in [0.29, 0.717) is 19.4 Å². The molecule has 0 radical (unpaired) electrons. The lowest BCUT2D eigenvalue weighted by atomic mass is 9.86. The van der Waals surface area contributed by atoms with Crippen LogP contribution in [-0.2, 0) is 20.9 Å². The Kier molecular flexibility index (Phi) is 6.79. The lowest BCUT2D eigenvalue weighted by molar-refractivity contribution is -0.153. The van der Waals surface area contributed by atoms with Crippen LogP contribution in [0.25, 0.3) is 0 Å². The molecule has 0 saturated carbocycles. The van der Waals surface area contributed by atoms with Crippen molar-refractivity contribution in [2.75, 3.05) is 13.1 Å². The number of hydrogen-bond acceptors (Lipinski definition) is 5. The molecule has 1 saturated heterocycles. The lowest BCUT2D eigenvalue weighted by Gasteiger charge is -2.29. The van der Waals surface area contributed by atoms with Crippen LogP contribution in [0.15, 0.2) is 30.3 Å². The first-order valence-corrected chi connectivity index (χ1v) is 8.88. The zero-order valence-electron chi connectivity index (χ0n) is 15.6. The van der Waals surface area contributed by atoms with Crippen molar-refractivity contribution in [2.24, 2.45) is 5.41 Å². The van der Waals surface area contributed by atoms with Crippen LogP contribution in [0.4, 0.5) is 4.79 Å². The van der Waals surface area contributed by atoms with E-state index in [1.54, 1.807) is 13.8 Å². The normalized spacial score (nSPS) is 18.0. The van der Waals surface area contributed by atoms with Crippen molar-refractivity contribution >= 4 is 18.0 Å². The Morgan fingerprint density at radius 1 is 1.30 bits per heavy atom. The van der Waals surface area contributed by atoms with Crippen molar-refractivity contribution in [1.29, 1.82) is 0 Å². The molecule has 8 heteroatoms. The first kappa shape index (κ1) is 20.7. The van der Waals surface area contributed by atoms with Gasteiger partial charge in [-0.3, -0.25) is 9.69 Å². The minimum absolute atomic E-state index is 0.0251. The maximum absolute atomic E-state index is 12.5. The summed E-state index contributed by atoms with van der Waals surface area (Å²) in [6, 6.07) is 8.60. The van der Waals surface area contributed by atoms with E-state index in [0.717, 1.165) is 5.56 Å². The van der Waals surface area contributed by atoms with Gasteiger partial charge in [-0.25, -0.2) is 9.59 Å². The molecular weight excluding hydrogens is 352 g/mol. The van der Waals surface area contributed by atoms with Gasteiger partial charge >= 0.3 is 12.1 Å². The maximum Gasteiger partial charge on any atom is 0.410 e. The molecule has 0 unspecified atom stereocenters. The van der Waals surface area contributed by atoms with Gasteiger partial charge in [0.1, 0.15) is 12.6 Å². The van der Waals surface area contributed by atoms with Gasteiger partial charge in [-0.05, 0) is 18.4 Å². The van der Waals surface area contributed by atoms with E-state index in [-0.39, 0.29) is 19.1 Å². The second-order valence-corrected chi connectivity index (χ2v) is 7.34. The predicted molar refractivity (Wildman–Crippen MR) is 96.8 cm³/mol. The van der Waals surface area contributed by atoms with E-state index >= 15 is 0 Å². The Morgan fingerprint density at radius 2 is 1.96 bits per heavy atom. The Bertz CT molecular complexity index is 676. The zero-order chi connectivity index (χ0) is 20.0. The van der Waals surface area contributed by atoms with Crippen LogP contribution in [0.5, 0.6) is 0 Å². The van der Waals surface area contributed by atoms with Gasteiger partial charge in [-0.2, -0.15) is 0 Å². The van der Waals surface area contributed by atoms with Crippen molar-refractivity contribution in [3.05, 3.63) is 35.9 Å². The Hall–Kier alpha value is -2.61. The van der Waals surface area contributed by atoms with Gasteiger partial charge in [0.25, 0.3) is 0 Å². The number of rotatable bonds is 7. The zero-order valence-corrected chi connectivity index (χ0v) is 15.6. The Morgan fingerprint density at radius 3 is 2.59 bits per heavy atom. The van der Waals surface area contributed by atoms with Gasteiger partial charge in [0, 0.05) is 18.5 Å². The molecule has 0 bridgehead atoms. The number of amides is 2. The summed E-state index contributed by atoms with van der Waals surface area (Å²) in [5, 5.41) is 21.3. The highest BCUT2D eigenvalue weighted by molar-refractivity contribution is 5.86. The largest absolute Gasteiger partial charge is 0.479 e. The van der Waals surface area contributed by atoms with Gasteiger partial charge in [0.15, 0.2) is 6.10 Å². The van der Waals surface area contributed by atoms with Gasteiger partial charge in [-0.1, -0.05) is 44.2 Å². The molecule has 2 amide bonds.